The number of benzene rings is 3. The van der Waals surface area contributed by atoms with Crippen molar-refractivity contribution in [2.45, 2.75) is 13.8 Å². The van der Waals surface area contributed by atoms with Crippen LogP contribution >= 0.6 is 0 Å². The molecule has 1 heterocycles. The minimum absolute atomic E-state index is 0.0289. The first-order valence-electron chi connectivity index (χ1n) is 14.7. The van der Waals surface area contributed by atoms with E-state index >= 15 is 0 Å². The molecule has 0 aliphatic carbocycles. The van der Waals surface area contributed by atoms with Crippen LogP contribution in [0.3, 0.4) is 0 Å². The Balaban J connectivity index is 1.56. The van der Waals surface area contributed by atoms with Crippen molar-refractivity contribution in [3.05, 3.63) is 83.9 Å². The third-order valence-corrected chi connectivity index (χ3v) is 7.79. The summed E-state index contributed by atoms with van der Waals surface area (Å²) < 4.78 is 5.62. The van der Waals surface area contributed by atoms with E-state index in [1.165, 1.54) is 0 Å². The van der Waals surface area contributed by atoms with E-state index in [0.29, 0.717) is 12.1 Å². The van der Waals surface area contributed by atoms with Gasteiger partial charge in [-0.2, -0.15) is 0 Å². The molecular weight excluding hydrogens is 512 g/mol. The van der Waals surface area contributed by atoms with Crippen LogP contribution in [0.25, 0.3) is 17.2 Å². The van der Waals surface area contributed by atoms with Crippen LogP contribution in [-0.4, -0.2) is 93.3 Å². The molecule has 1 saturated heterocycles. The minimum Gasteiger partial charge on any atom is -0.496 e. The van der Waals surface area contributed by atoms with E-state index in [1.807, 2.05) is 48.5 Å². The Bertz CT molecular complexity index is 1300. The lowest BCUT2D eigenvalue weighted by Crippen LogP contribution is -2.47. The molecule has 0 aromatic heterocycles. The third-order valence-electron chi connectivity index (χ3n) is 7.79. The van der Waals surface area contributed by atoms with Crippen LogP contribution in [0.2, 0.25) is 0 Å². The number of hydrogen-bond donors (Lipinski definition) is 2. The lowest BCUT2D eigenvalue weighted by atomic mass is 9.99. The summed E-state index contributed by atoms with van der Waals surface area (Å²) in [4.78, 5) is 20.3. The second-order valence-corrected chi connectivity index (χ2v) is 10.3. The van der Waals surface area contributed by atoms with Gasteiger partial charge >= 0.3 is 0 Å². The molecule has 7 heteroatoms. The molecule has 4 rings (SSSR count). The zero-order valence-electron chi connectivity index (χ0n) is 24.7. The molecule has 1 aliphatic rings. The zero-order valence-corrected chi connectivity index (χ0v) is 24.7. The average Bonchev–Trinajstić information content (AvgIpc) is 3.02. The predicted molar refractivity (Wildman–Crippen MR) is 170 cm³/mol. The molecule has 1 fully saturated rings. The van der Waals surface area contributed by atoms with Crippen molar-refractivity contribution >= 4 is 23.2 Å². The van der Waals surface area contributed by atoms with Gasteiger partial charge in [-0.25, -0.2) is 0 Å². The molecule has 0 radical (unpaired) electrons. The number of rotatable bonds is 14. The maximum atomic E-state index is 13.3. The molecule has 0 amide bonds. The summed E-state index contributed by atoms with van der Waals surface area (Å²) in [5.41, 5.74) is 5.76. The highest BCUT2D eigenvalue weighted by Crippen LogP contribution is 2.34. The second-order valence-electron chi connectivity index (χ2n) is 10.3. The highest BCUT2D eigenvalue weighted by molar-refractivity contribution is 6.07. The van der Waals surface area contributed by atoms with Crippen molar-refractivity contribution in [1.82, 2.24) is 9.80 Å². The fraction of sp³-hybridized carbons (Fsp3) is 0.382. The van der Waals surface area contributed by atoms with Crippen LogP contribution in [0, 0.1) is 0 Å². The fourth-order valence-corrected chi connectivity index (χ4v) is 5.32. The largest absolute Gasteiger partial charge is 0.496 e. The van der Waals surface area contributed by atoms with Crippen LogP contribution in [0.5, 0.6) is 5.75 Å². The average molecular weight is 557 g/mol. The van der Waals surface area contributed by atoms with Gasteiger partial charge in [-0.3, -0.25) is 9.69 Å². The number of ether oxygens (including phenoxy) is 1. The predicted octanol–water partition coefficient (Wildman–Crippen LogP) is 5.13. The van der Waals surface area contributed by atoms with E-state index in [1.54, 1.807) is 13.2 Å². The van der Waals surface area contributed by atoms with Crippen LogP contribution < -0.4 is 15.0 Å². The number of allylic oxidation sites excluding steroid dienone is 1. The molecule has 3 aromatic carbocycles. The van der Waals surface area contributed by atoms with Crippen molar-refractivity contribution in [2.24, 2.45) is 0 Å². The Hall–Kier alpha value is -3.65. The van der Waals surface area contributed by atoms with E-state index in [4.69, 9.17) is 4.74 Å². The van der Waals surface area contributed by atoms with Crippen LogP contribution in [0.15, 0.2) is 72.8 Å². The molecule has 218 valence electrons. The summed E-state index contributed by atoms with van der Waals surface area (Å²) in [5, 5.41) is 12.8. The van der Waals surface area contributed by atoms with Crippen LogP contribution in [-0.2, 0) is 0 Å². The number of carbonyl (C=O) groups excluding carboxylic acids is 1. The number of nitrogens with zero attached hydrogens (tertiary/aromatic N) is 3. The van der Waals surface area contributed by atoms with Crippen molar-refractivity contribution in [2.75, 3.05) is 82.8 Å². The Morgan fingerprint density at radius 3 is 2.51 bits per heavy atom. The first kappa shape index (κ1) is 30.3. The normalized spacial score (nSPS) is 14.1. The number of hydrogen-bond acceptors (Lipinski definition) is 7. The highest BCUT2D eigenvalue weighted by Gasteiger charge is 2.19. The SMILES string of the molecule is CCN(CC)CCNc1cccc(C(=O)C=Cc2cc(-c3ccccc3OC)ccc2N2CCN(CCO)CC2)c1. The standard InChI is InChI=1S/C34H44N4O3/c1-4-36(5-2)18-17-35-30-10-8-9-29(26-30)33(40)16-14-28-25-27(31-11-6-7-12-34(31)41-3)13-15-32(28)38-21-19-37(20-22-38)23-24-39/h6-16,25-26,35,39H,4-5,17-24H2,1-3H3. The van der Waals surface area contributed by atoms with Crippen molar-refractivity contribution < 1.29 is 14.6 Å². The molecule has 0 bridgehead atoms. The molecular formula is C34H44N4O3. The molecule has 0 atom stereocenters. The Labute approximate surface area is 245 Å². The molecule has 1 aliphatic heterocycles. The molecule has 7 nitrogen and oxygen atoms in total. The van der Waals surface area contributed by atoms with E-state index in [2.05, 4.69) is 58.1 Å². The molecule has 2 N–H and O–H groups in total. The summed E-state index contributed by atoms with van der Waals surface area (Å²) in [5.74, 6) is 0.785. The number of para-hydroxylation sites is 1. The van der Waals surface area contributed by atoms with Gasteiger partial charge in [-0.05, 0) is 66.7 Å². The molecule has 41 heavy (non-hydrogen) atoms. The highest BCUT2D eigenvalue weighted by atomic mass is 16.5. The van der Waals surface area contributed by atoms with E-state index in [0.717, 1.165) is 86.2 Å². The number of methoxy groups -OCH3 is 1. The molecule has 0 saturated carbocycles. The van der Waals surface area contributed by atoms with Gasteiger partial charge in [-0.15, -0.1) is 0 Å². The number of likely N-dealkylation sites (N-methyl/N-ethyl adjacent to an activating group) is 1. The number of piperazine rings is 1. The van der Waals surface area contributed by atoms with Gasteiger partial charge < -0.3 is 25.0 Å². The number of anilines is 2. The number of nitrogens with one attached hydrogen (secondary N) is 1. The van der Waals surface area contributed by atoms with Gasteiger partial charge in [0.2, 0.25) is 0 Å². The second kappa shape index (κ2) is 15.4. The van der Waals surface area contributed by atoms with Crippen molar-refractivity contribution in [3.63, 3.8) is 0 Å². The molecule has 0 spiro atoms. The maximum Gasteiger partial charge on any atom is 0.185 e. The van der Waals surface area contributed by atoms with Crippen LogP contribution in [0.4, 0.5) is 11.4 Å². The summed E-state index contributed by atoms with van der Waals surface area (Å²) >= 11 is 0. The summed E-state index contributed by atoms with van der Waals surface area (Å²) in [6.45, 7) is 12.6. The lowest BCUT2D eigenvalue weighted by Gasteiger charge is -2.36. The quantitative estimate of drug-likeness (QED) is 0.211. The topological polar surface area (TPSA) is 68.3 Å². The van der Waals surface area contributed by atoms with Gasteiger partial charge in [0.15, 0.2) is 5.78 Å². The van der Waals surface area contributed by atoms with Crippen molar-refractivity contribution in [1.29, 1.82) is 0 Å². The number of aliphatic hydroxyl groups is 1. The monoisotopic (exact) mass is 556 g/mol. The number of aliphatic hydroxyl groups excluding tert-OH is 1. The lowest BCUT2D eigenvalue weighted by molar-refractivity contribution is 0.104. The zero-order chi connectivity index (χ0) is 29.0. The minimum atomic E-state index is -0.0289. The first-order chi connectivity index (χ1) is 20.1. The van der Waals surface area contributed by atoms with Gasteiger partial charge in [-0.1, -0.05) is 50.2 Å². The number of β-amino-alcohol motifs (C(OH)–C–C–N with tert-alkyl or cyclic N) is 1. The Morgan fingerprint density at radius 2 is 1.78 bits per heavy atom. The first-order valence-corrected chi connectivity index (χ1v) is 14.7. The molecule has 0 unspecified atom stereocenters. The van der Waals surface area contributed by atoms with Crippen LogP contribution in [0.1, 0.15) is 29.8 Å². The van der Waals surface area contributed by atoms with E-state index < -0.39 is 0 Å². The summed E-state index contributed by atoms with van der Waals surface area (Å²) in [6.07, 6.45) is 3.62. The van der Waals surface area contributed by atoms with Gasteiger partial charge in [0.05, 0.1) is 13.7 Å². The Morgan fingerprint density at radius 1 is 1.00 bits per heavy atom. The Kier molecular flexibility index (Phi) is 11.4. The van der Waals surface area contributed by atoms with E-state index in [-0.39, 0.29) is 12.4 Å². The summed E-state index contributed by atoms with van der Waals surface area (Å²) in [7, 11) is 1.69. The van der Waals surface area contributed by atoms with Gasteiger partial charge in [0.25, 0.3) is 0 Å². The van der Waals surface area contributed by atoms with E-state index in [9.17, 15) is 9.90 Å². The summed E-state index contributed by atoms with van der Waals surface area (Å²) in [6, 6.07) is 22.1. The number of ketones is 1. The van der Waals surface area contributed by atoms with Gasteiger partial charge in [0, 0.05) is 68.3 Å². The number of carbonyl (C=O) groups is 1. The van der Waals surface area contributed by atoms with Gasteiger partial charge in [0.1, 0.15) is 5.75 Å². The smallest absolute Gasteiger partial charge is 0.185 e. The fourth-order valence-electron chi connectivity index (χ4n) is 5.32. The maximum absolute atomic E-state index is 13.3. The third kappa shape index (κ3) is 8.19. The van der Waals surface area contributed by atoms with Crippen molar-refractivity contribution in [3.8, 4) is 16.9 Å². The molecule has 3 aromatic rings.